The fraction of sp³-hybridized carbons (Fsp3) is 1.00. The van der Waals surface area contributed by atoms with Crippen molar-refractivity contribution < 1.29 is 13.2 Å². The fourth-order valence-electron chi connectivity index (χ4n) is 2.68. The van der Waals surface area contributed by atoms with E-state index < -0.39 is 10.0 Å². The molecule has 108 valence electrons. The predicted octanol–water partition coefficient (Wildman–Crippen LogP) is 0.601. The SMILES string of the molecule is COCCCS(=O)(=O)N1CCC2CCC(C1)N2.Cl. The third-order valence-corrected chi connectivity index (χ3v) is 5.55. The second-order valence-electron chi connectivity index (χ2n) is 4.95. The molecule has 2 rings (SSSR count). The van der Waals surface area contributed by atoms with Crippen LogP contribution in [-0.2, 0) is 14.8 Å². The molecule has 0 saturated carbocycles. The standard InChI is InChI=1S/C11H22N2O3S.ClH/c1-16-7-2-8-17(14,15)13-6-5-10-3-4-11(9-13)12-10;/h10-12H,2-9H2,1H3;1H. The first-order valence-electron chi connectivity index (χ1n) is 6.34. The van der Waals surface area contributed by atoms with Crippen LogP contribution in [0, 0.1) is 0 Å². The van der Waals surface area contributed by atoms with Crippen molar-refractivity contribution in [3.8, 4) is 0 Å². The minimum Gasteiger partial charge on any atom is -0.385 e. The van der Waals surface area contributed by atoms with Crippen LogP contribution in [0.5, 0.6) is 0 Å². The molecule has 0 aromatic rings. The van der Waals surface area contributed by atoms with Crippen molar-refractivity contribution in [2.75, 3.05) is 32.6 Å². The molecule has 2 aliphatic heterocycles. The number of rotatable bonds is 5. The average Bonchev–Trinajstić information content (AvgIpc) is 2.57. The highest BCUT2D eigenvalue weighted by molar-refractivity contribution is 7.89. The van der Waals surface area contributed by atoms with Crippen LogP contribution < -0.4 is 5.32 Å². The monoisotopic (exact) mass is 298 g/mol. The third kappa shape index (κ3) is 4.06. The number of halogens is 1. The molecule has 2 bridgehead atoms. The van der Waals surface area contributed by atoms with Gasteiger partial charge in [-0.2, -0.15) is 0 Å². The van der Waals surface area contributed by atoms with Gasteiger partial charge in [-0.15, -0.1) is 12.4 Å². The maximum atomic E-state index is 12.1. The predicted molar refractivity (Wildman–Crippen MR) is 73.7 cm³/mol. The molecule has 0 aliphatic carbocycles. The summed E-state index contributed by atoms with van der Waals surface area (Å²) in [6, 6.07) is 0.888. The van der Waals surface area contributed by atoms with Crippen molar-refractivity contribution in [2.45, 2.75) is 37.8 Å². The second kappa shape index (κ2) is 7.05. The molecule has 2 unspecified atom stereocenters. The van der Waals surface area contributed by atoms with Gasteiger partial charge in [-0.1, -0.05) is 0 Å². The number of ether oxygens (including phenoxy) is 1. The molecule has 2 atom stereocenters. The van der Waals surface area contributed by atoms with Crippen LogP contribution in [0.1, 0.15) is 25.7 Å². The van der Waals surface area contributed by atoms with Gasteiger partial charge in [0.15, 0.2) is 0 Å². The third-order valence-electron chi connectivity index (χ3n) is 3.63. The summed E-state index contributed by atoms with van der Waals surface area (Å²) in [5.74, 6) is 0.207. The minimum atomic E-state index is -3.09. The van der Waals surface area contributed by atoms with Crippen LogP contribution in [-0.4, -0.2) is 57.4 Å². The van der Waals surface area contributed by atoms with Crippen LogP contribution in [0.25, 0.3) is 0 Å². The van der Waals surface area contributed by atoms with E-state index in [0.29, 0.717) is 38.2 Å². The van der Waals surface area contributed by atoms with Gasteiger partial charge in [0.25, 0.3) is 0 Å². The van der Waals surface area contributed by atoms with E-state index in [2.05, 4.69) is 5.32 Å². The fourth-order valence-corrected chi connectivity index (χ4v) is 4.21. The Kier molecular flexibility index (Phi) is 6.34. The normalized spacial score (nSPS) is 28.7. The van der Waals surface area contributed by atoms with Crippen LogP contribution in [0.4, 0.5) is 0 Å². The Morgan fingerprint density at radius 3 is 2.72 bits per heavy atom. The molecule has 2 fully saturated rings. The van der Waals surface area contributed by atoms with Gasteiger partial charge in [-0.25, -0.2) is 12.7 Å². The largest absolute Gasteiger partial charge is 0.385 e. The molecule has 1 N–H and O–H groups in total. The van der Waals surface area contributed by atoms with Crippen LogP contribution in [0.2, 0.25) is 0 Å². The number of nitrogens with zero attached hydrogens (tertiary/aromatic N) is 1. The Balaban J connectivity index is 0.00000162. The Morgan fingerprint density at radius 1 is 1.28 bits per heavy atom. The summed E-state index contributed by atoms with van der Waals surface area (Å²) in [4.78, 5) is 0. The maximum absolute atomic E-state index is 12.1. The lowest BCUT2D eigenvalue weighted by molar-refractivity contribution is 0.199. The lowest BCUT2D eigenvalue weighted by Crippen LogP contribution is -2.40. The molecule has 5 nitrogen and oxygen atoms in total. The van der Waals surface area contributed by atoms with Crippen molar-refractivity contribution in [1.82, 2.24) is 9.62 Å². The quantitative estimate of drug-likeness (QED) is 0.755. The molecule has 2 saturated heterocycles. The smallest absolute Gasteiger partial charge is 0.214 e. The summed E-state index contributed by atoms with van der Waals surface area (Å²) >= 11 is 0. The van der Waals surface area contributed by atoms with Crippen molar-refractivity contribution >= 4 is 22.4 Å². The zero-order valence-electron chi connectivity index (χ0n) is 10.8. The number of hydrogen-bond acceptors (Lipinski definition) is 4. The van der Waals surface area contributed by atoms with Crippen molar-refractivity contribution in [1.29, 1.82) is 0 Å². The number of methoxy groups -OCH3 is 1. The maximum Gasteiger partial charge on any atom is 0.214 e. The summed E-state index contributed by atoms with van der Waals surface area (Å²) in [7, 11) is -1.49. The van der Waals surface area contributed by atoms with E-state index >= 15 is 0 Å². The van der Waals surface area contributed by atoms with Gasteiger partial charge in [0.05, 0.1) is 5.75 Å². The van der Waals surface area contributed by atoms with Crippen LogP contribution in [0.3, 0.4) is 0 Å². The van der Waals surface area contributed by atoms with Crippen LogP contribution in [0.15, 0.2) is 0 Å². The number of nitrogens with one attached hydrogen (secondary N) is 1. The summed E-state index contributed by atoms with van der Waals surface area (Å²) in [6.45, 7) is 1.83. The van der Waals surface area contributed by atoms with E-state index in [4.69, 9.17) is 4.74 Å². The summed E-state index contributed by atoms with van der Waals surface area (Å²) in [6.07, 6.45) is 3.83. The van der Waals surface area contributed by atoms with Crippen molar-refractivity contribution in [2.24, 2.45) is 0 Å². The van der Waals surface area contributed by atoms with E-state index in [9.17, 15) is 8.42 Å². The molecular formula is C11H23ClN2O3S. The summed E-state index contributed by atoms with van der Waals surface area (Å²) < 4.78 is 30.8. The Labute approximate surface area is 116 Å². The van der Waals surface area contributed by atoms with E-state index in [0.717, 1.165) is 12.8 Å². The first-order valence-corrected chi connectivity index (χ1v) is 7.95. The molecule has 2 aliphatic rings. The molecule has 0 amide bonds. The number of hydrogen-bond donors (Lipinski definition) is 1. The molecule has 7 heteroatoms. The molecule has 0 aromatic carbocycles. The number of sulfonamides is 1. The zero-order valence-corrected chi connectivity index (χ0v) is 12.4. The Bertz CT molecular complexity index is 350. The highest BCUT2D eigenvalue weighted by Gasteiger charge is 2.33. The lowest BCUT2D eigenvalue weighted by Gasteiger charge is -2.23. The molecule has 0 spiro atoms. The number of fused-ring (bicyclic) bond motifs is 2. The van der Waals surface area contributed by atoms with Gasteiger partial charge in [0.1, 0.15) is 0 Å². The second-order valence-corrected chi connectivity index (χ2v) is 7.04. The highest BCUT2D eigenvalue weighted by atomic mass is 35.5. The van der Waals surface area contributed by atoms with Gasteiger partial charge in [0.2, 0.25) is 10.0 Å². The average molecular weight is 299 g/mol. The van der Waals surface area contributed by atoms with Gasteiger partial charge < -0.3 is 10.1 Å². The zero-order chi connectivity index (χ0) is 12.3. The summed E-state index contributed by atoms with van der Waals surface area (Å²) in [5.41, 5.74) is 0. The van der Waals surface area contributed by atoms with E-state index in [1.807, 2.05) is 0 Å². The van der Waals surface area contributed by atoms with E-state index in [-0.39, 0.29) is 18.2 Å². The van der Waals surface area contributed by atoms with Crippen molar-refractivity contribution in [3.63, 3.8) is 0 Å². The van der Waals surface area contributed by atoms with Gasteiger partial charge in [0, 0.05) is 38.9 Å². The van der Waals surface area contributed by atoms with Crippen LogP contribution >= 0.6 is 12.4 Å². The van der Waals surface area contributed by atoms with Crippen molar-refractivity contribution in [3.05, 3.63) is 0 Å². The van der Waals surface area contributed by atoms with E-state index in [1.165, 1.54) is 6.42 Å². The van der Waals surface area contributed by atoms with Gasteiger partial charge in [-0.05, 0) is 25.7 Å². The first-order chi connectivity index (χ1) is 8.12. The lowest BCUT2D eigenvalue weighted by atomic mass is 10.1. The van der Waals surface area contributed by atoms with E-state index in [1.54, 1.807) is 11.4 Å². The molecule has 0 aromatic heterocycles. The summed E-state index contributed by atoms with van der Waals surface area (Å²) in [5, 5.41) is 3.49. The molecular weight excluding hydrogens is 276 g/mol. The van der Waals surface area contributed by atoms with Gasteiger partial charge >= 0.3 is 0 Å². The Hall–Kier alpha value is 0.120. The molecule has 2 heterocycles. The minimum absolute atomic E-state index is 0. The molecule has 0 radical (unpaired) electrons. The highest BCUT2D eigenvalue weighted by Crippen LogP contribution is 2.22. The topological polar surface area (TPSA) is 58.6 Å². The Morgan fingerprint density at radius 2 is 2.00 bits per heavy atom. The van der Waals surface area contributed by atoms with Gasteiger partial charge in [-0.3, -0.25) is 0 Å². The first kappa shape index (κ1) is 16.2. The molecule has 18 heavy (non-hydrogen) atoms.